The van der Waals surface area contributed by atoms with Gasteiger partial charge in [0.05, 0.1) is 6.61 Å². The molecule has 1 fully saturated rings. The van der Waals surface area contributed by atoms with Crippen LogP contribution in [0.4, 0.5) is 0 Å². The summed E-state index contributed by atoms with van der Waals surface area (Å²) >= 11 is 2.05. The van der Waals surface area contributed by atoms with Gasteiger partial charge in [0, 0.05) is 19.2 Å². The molecule has 1 aliphatic heterocycles. The smallest absolute Gasteiger partial charge is 0.159 e. The molecule has 0 spiro atoms. The third kappa shape index (κ3) is 2.77. The largest absolute Gasteiger partial charge is 0.396 e. The molecule has 3 rings (SSSR count). The molecule has 2 aromatic rings. The van der Waals surface area contributed by atoms with Gasteiger partial charge >= 0.3 is 0 Å². The number of aromatic nitrogens is 3. The fraction of sp³-hybridized carbons (Fsp3) is 0.571. The Balaban J connectivity index is 1.92. The predicted molar refractivity (Wildman–Crippen MR) is 78.4 cm³/mol. The van der Waals surface area contributed by atoms with Gasteiger partial charge in [-0.2, -0.15) is 11.8 Å². The number of rotatable bonds is 4. The Labute approximate surface area is 117 Å². The highest BCUT2D eigenvalue weighted by atomic mass is 32.2. The van der Waals surface area contributed by atoms with Gasteiger partial charge in [0.15, 0.2) is 5.65 Å². The second-order valence-electron chi connectivity index (χ2n) is 5.04. The Morgan fingerprint density at radius 1 is 1.47 bits per heavy atom. The maximum atomic E-state index is 9.20. The molecule has 102 valence electrons. The van der Waals surface area contributed by atoms with Gasteiger partial charge in [0.1, 0.15) is 11.3 Å². The lowest BCUT2D eigenvalue weighted by atomic mass is 10.1. The first kappa shape index (κ1) is 12.9. The quantitative estimate of drug-likeness (QED) is 0.930. The minimum atomic E-state index is 0.142. The van der Waals surface area contributed by atoms with Gasteiger partial charge in [0.25, 0.3) is 0 Å². The van der Waals surface area contributed by atoms with E-state index in [9.17, 15) is 5.11 Å². The van der Waals surface area contributed by atoms with Crippen LogP contribution in [0.25, 0.3) is 11.2 Å². The lowest BCUT2D eigenvalue weighted by Crippen LogP contribution is -2.19. The summed E-state index contributed by atoms with van der Waals surface area (Å²) in [5, 5.41) is 9.20. The molecule has 0 aromatic carbocycles. The summed E-state index contributed by atoms with van der Waals surface area (Å²) in [6.45, 7) is 1.12. The fourth-order valence-electron chi connectivity index (χ4n) is 2.70. The van der Waals surface area contributed by atoms with E-state index in [2.05, 4.69) is 14.5 Å². The molecule has 2 aromatic heterocycles. The van der Waals surface area contributed by atoms with Gasteiger partial charge in [-0.25, -0.2) is 9.97 Å². The Bertz CT molecular complexity index is 549. The van der Waals surface area contributed by atoms with Crippen LogP contribution >= 0.6 is 11.8 Å². The van der Waals surface area contributed by atoms with E-state index in [0.717, 1.165) is 23.5 Å². The first-order chi connectivity index (χ1) is 9.38. The molecule has 0 amide bonds. The summed E-state index contributed by atoms with van der Waals surface area (Å²) in [4.78, 5) is 9.06. The van der Waals surface area contributed by atoms with Crippen LogP contribution in [-0.2, 0) is 13.0 Å². The molecular formula is C14H19N3OS. The SMILES string of the molecule is OCCc1nc2cccnc2n1CC1CCCSC1. The minimum Gasteiger partial charge on any atom is -0.396 e. The highest BCUT2D eigenvalue weighted by molar-refractivity contribution is 7.99. The van der Waals surface area contributed by atoms with Gasteiger partial charge < -0.3 is 9.67 Å². The molecule has 0 aliphatic carbocycles. The van der Waals surface area contributed by atoms with Crippen LogP contribution in [0, 0.1) is 5.92 Å². The number of hydrogen-bond acceptors (Lipinski definition) is 4. The topological polar surface area (TPSA) is 50.9 Å². The Morgan fingerprint density at radius 3 is 3.21 bits per heavy atom. The Kier molecular flexibility index (Phi) is 4.03. The molecule has 1 saturated heterocycles. The predicted octanol–water partition coefficient (Wildman–Crippen LogP) is 2.11. The number of aliphatic hydroxyl groups is 1. The van der Waals surface area contributed by atoms with Crippen molar-refractivity contribution in [3.8, 4) is 0 Å². The molecule has 1 unspecified atom stereocenters. The van der Waals surface area contributed by atoms with Gasteiger partial charge in [-0.05, 0) is 42.4 Å². The third-order valence-corrected chi connectivity index (χ3v) is 4.90. The van der Waals surface area contributed by atoms with Crippen molar-refractivity contribution < 1.29 is 5.11 Å². The number of nitrogens with zero attached hydrogens (tertiary/aromatic N) is 3. The van der Waals surface area contributed by atoms with Crippen molar-refractivity contribution >= 4 is 22.9 Å². The lowest BCUT2D eigenvalue weighted by molar-refractivity contribution is 0.293. The van der Waals surface area contributed by atoms with Gasteiger partial charge in [-0.3, -0.25) is 0 Å². The Hall–Kier alpha value is -1.07. The first-order valence-electron chi connectivity index (χ1n) is 6.87. The molecule has 0 radical (unpaired) electrons. The molecule has 1 aliphatic rings. The molecule has 0 saturated carbocycles. The zero-order valence-electron chi connectivity index (χ0n) is 11.0. The van der Waals surface area contributed by atoms with Crippen molar-refractivity contribution in [3.05, 3.63) is 24.2 Å². The molecule has 0 bridgehead atoms. The van der Waals surface area contributed by atoms with Crippen LogP contribution < -0.4 is 0 Å². The molecule has 5 heteroatoms. The second kappa shape index (κ2) is 5.92. The van der Waals surface area contributed by atoms with Crippen LogP contribution in [0.1, 0.15) is 18.7 Å². The first-order valence-corrected chi connectivity index (χ1v) is 8.02. The van der Waals surface area contributed by atoms with Crippen molar-refractivity contribution in [3.63, 3.8) is 0 Å². The van der Waals surface area contributed by atoms with Crippen LogP contribution in [0.3, 0.4) is 0 Å². The highest BCUT2D eigenvalue weighted by Crippen LogP contribution is 2.26. The molecule has 19 heavy (non-hydrogen) atoms. The fourth-order valence-corrected chi connectivity index (χ4v) is 3.84. The van der Waals surface area contributed by atoms with E-state index in [4.69, 9.17) is 0 Å². The number of thioether (sulfide) groups is 1. The van der Waals surface area contributed by atoms with Crippen molar-refractivity contribution in [2.45, 2.75) is 25.8 Å². The monoisotopic (exact) mass is 277 g/mol. The summed E-state index contributed by atoms with van der Waals surface area (Å²) in [7, 11) is 0. The summed E-state index contributed by atoms with van der Waals surface area (Å²) in [6, 6.07) is 3.91. The van der Waals surface area contributed by atoms with E-state index in [1.54, 1.807) is 0 Å². The van der Waals surface area contributed by atoms with Gasteiger partial charge in [-0.15, -0.1) is 0 Å². The summed E-state index contributed by atoms with van der Waals surface area (Å²) in [5.41, 5.74) is 1.90. The molecule has 3 heterocycles. The van der Waals surface area contributed by atoms with Crippen LogP contribution in [0.5, 0.6) is 0 Å². The van der Waals surface area contributed by atoms with E-state index in [1.165, 1.54) is 24.3 Å². The standard InChI is InChI=1S/C14H19N3OS/c18-7-5-13-16-12-4-1-6-15-14(12)17(13)9-11-3-2-8-19-10-11/h1,4,6,11,18H,2-3,5,7-10H2. The van der Waals surface area contributed by atoms with Crippen molar-refractivity contribution in [1.29, 1.82) is 0 Å². The maximum Gasteiger partial charge on any atom is 0.159 e. The lowest BCUT2D eigenvalue weighted by Gasteiger charge is -2.22. The number of pyridine rings is 1. The van der Waals surface area contributed by atoms with Crippen molar-refractivity contribution in [2.24, 2.45) is 5.92 Å². The summed E-state index contributed by atoms with van der Waals surface area (Å²) in [5.74, 6) is 4.19. The van der Waals surface area contributed by atoms with E-state index in [0.29, 0.717) is 12.3 Å². The van der Waals surface area contributed by atoms with Crippen LogP contribution in [-0.4, -0.2) is 37.8 Å². The van der Waals surface area contributed by atoms with Gasteiger partial charge in [0.2, 0.25) is 0 Å². The molecule has 1 N–H and O–H groups in total. The average molecular weight is 277 g/mol. The second-order valence-corrected chi connectivity index (χ2v) is 6.19. The normalized spacial score (nSPS) is 19.9. The average Bonchev–Trinajstić information content (AvgIpc) is 2.79. The number of hydrogen-bond donors (Lipinski definition) is 1. The molecule has 1 atom stereocenters. The van der Waals surface area contributed by atoms with Crippen molar-refractivity contribution in [2.75, 3.05) is 18.1 Å². The van der Waals surface area contributed by atoms with Crippen LogP contribution in [0.15, 0.2) is 18.3 Å². The highest BCUT2D eigenvalue weighted by Gasteiger charge is 2.18. The van der Waals surface area contributed by atoms with E-state index in [1.807, 2.05) is 30.1 Å². The van der Waals surface area contributed by atoms with E-state index in [-0.39, 0.29) is 6.61 Å². The summed E-state index contributed by atoms with van der Waals surface area (Å²) in [6.07, 6.45) is 5.03. The minimum absolute atomic E-state index is 0.142. The zero-order chi connectivity index (χ0) is 13.1. The van der Waals surface area contributed by atoms with Crippen LogP contribution in [0.2, 0.25) is 0 Å². The van der Waals surface area contributed by atoms with Crippen molar-refractivity contribution in [1.82, 2.24) is 14.5 Å². The number of aliphatic hydroxyl groups excluding tert-OH is 1. The zero-order valence-corrected chi connectivity index (χ0v) is 11.8. The number of imidazole rings is 1. The van der Waals surface area contributed by atoms with E-state index < -0.39 is 0 Å². The Morgan fingerprint density at radius 2 is 2.42 bits per heavy atom. The third-order valence-electron chi connectivity index (χ3n) is 3.61. The molecule has 4 nitrogen and oxygen atoms in total. The van der Waals surface area contributed by atoms with E-state index >= 15 is 0 Å². The molecular weight excluding hydrogens is 258 g/mol. The number of fused-ring (bicyclic) bond motifs is 1. The maximum absolute atomic E-state index is 9.20. The summed E-state index contributed by atoms with van der Waals surface area (Å²) < 4.78 is 2.21. The van der Waals surface area contributed by atoms with Gasteiger partial charge in [-0.1, -0.05) is 0 Å².